The highest BCUT2D eigenvalue weighted by atomic mass is 19.4. The van der Waals surface area contributed by atoms with Gasteiger partial charge in [-0.1, -0.05) is 6.07 Å². The van der Waals surface area contributed by atoms with Crippen molar-refractivity contribution < 1.29 is 22.0 Å². The van der Waals surface area contributed by atoms with Crippen molar-refractivity contribution in [2.75, 3.05) is 11.9 Å². The second-order valence-electron chi connectivity index (χ2n) is 2.77. The summed E-state index contributed by atoms with van der Waals surface area (Å²) in [7, 11) is 0. The second-order valence-corrected chi connectivity index (χ2v) is 2.77. The molecule has 0 aromatic carbocycles. The van der Waals surface area contributed by atoms with E-state index in [9.17, 15) is 22.0 Å². The van der Waals surface area contributed by atoms with Crippen LogP contribution in [0.4, 0.5) is 27.8 Å². The van der Waals surface area contributed by atoms with Gasteiger partial charge in [0.15, 0.2) is 0 Å². The van der Waals surface area contributed by atoms with Gasteiger partial charge in [0.25, 0.3) is 0 Å². The summed E-state index contributed by atoms with van der Waals surface area (Å²) >= 11 is 0. The standard InChI is InChI=1S/C8H7F5N2/c9-7(10,8(11,12)13)5-15-6-3-1-2-4-14-6/h1-4H,5H2,(H,14,15). The zero-order chi connectivity index (χ0) is 11.5. The highest BCUT2D eigenvalue weighted by Gasteiger charge is 2.57. The minimum Gasteiger partial charge on any atom is -0.364 e. The summed E-state index contributed by atoms with van der Waals surface area (Å²) in [5, 5.41) is 1.91. The van der Waals surface area contributed by atoms with Crippen molar-refractivity contribution in [1.82, 2.24) is 4.98 Å². The van der Waals surface area contributed by atoms with Crippen LogP contribution in [0, 0.1) is 0 Å². The SMILES string of the molecule is FC(F)(F)C(F)(F)CNc1ccccn1. The number of aromatic nitrogens is 1. The number of alkyl halides is 5. The van der Waals surface area contributed by atoms with Gasteiger partial charge in [-0.15, -0.1) is 0 Å². The first-order chi connectivity index (χ1) is 6.83. The molecule has 2 nitrogen and oxygen atoms in total. The molecule has 0 spiro atoms. The summed E-state index contributed by atoms with van der Waals surface area (Å²) in [5.74, 6) is -4.79. The van der Waals surface area contributed by atoms with E-state index in [1.165, 1.54) is 24.4 Å². The Morgan fingerprint density at radius 1 is 1.13 bits per heavy atom. The third-order valence-corrected chi connectivity index (χ3v) is 1.57. The highest BCUT2D eigenvalue weighted by molar-refractivity contribution is 5.33. The number of hydrogen-bond acceptors (Lipinski definition) is 2. The van der Waals surface area contributed by atoms with Crippen LogP contribution < -0.4 is 5.32 Å². The molecule has 0 bridgehead atoms. The van der Waals surface area contributed by atoms with Crippen molar-refractivity contribution in [2.24, 2.45) is 0 Å². The van der Waals surface area contributed by atoms with E-state index in [0.29, 0.717) is 0 Å². The van der Waals surface area contributed by atoms with Crippen LogP contribution in [-0.4, -0.2) is 23.6 Å². The molecular weight excluding hydrogens is 219 g/mol. The van der Waals surface area contributed by atoms with Crippen LogP contribution in [0.2, 0.25) is 0 Å². The predicted molar refractivity (Wildman–Crippen MR) is 43.7 cm³/mol. The molecule has 0 saturated carbocycles. The number of anilines is 1. The van der Waals surface area contributed by atoms with E-state index >= 15 is 0 Å². The van der Waals surface area contributed by atoms with Crippen LogP contribution in [0.1, 0.15) is 0 Å². The summed E-state index contributed by atoms with van der Waals surface area (Å²) in [6.45, 7) is -1.52. The molecule has 7 heteroatoms. The zero-order valence-corrected chi connectivity index (χ0v) is 7.35. The van der Waals surface area contributed by atoms with Crippen LogP contribution in [-0.2, 0) is 0 Å². The molecule has 0 unspecified atom stereocenters. The van der Waals surface area contributed by atoms with E-state index in [1.54, 1.807) is 0 Å². The smallest absolute Gasteiger partial charge is 0.364 e. The van der Waals surface area contributed by atoms with E-state index in [0.717, 1.165) is 0 Å². The lowest BCUT2D eigenvalue weighted by molar-refractivity contribution is -0.275. The molecule has 0 atom stereocenters. The van der Waals surface area contributed by atoms with Crippen LogP contribution in [0.25, 0.3) is 0 Å². The maximum absolute atomic E-state index is 12.4. The molecule has 1 aromatic rings. The molecule has 1 rings (SSSR count). The van der Waals surface area contributed by atoms with Gasteiger partial charge in [0, 0.05) is 6.20 Å². The van der Waals surface area contributed by atoms with Gasteiger partial charge in [-0.3, -0.25) is 0 Å². The first-order valence-electron chi connectivity index (χ1n) is 3.92. The molecule has 0 aliphatic carbocycles. The largest absolute Gasteiger partial charge is 0.455 e. The van der Waals surface area contributed by atoms with Gasteiger partial charge in [0.05, 0.1) is 6.54 Å². The third-order valence-electron chi connectivity index (χ3n) is 1.57. The quantitative estimate of drug-likeness (QED) is 0.801. The van der Waals surface area contributed by atoms with Gasteiger partial charge < -0.3 is 5.32 Å². The van der Waals surface area contributed by atoms with Crippen molar-refractivity contribution in [2.45, 2.75) is 12.1 Å². The topological polar surface area (TPSA) is 24.9 Å². The average Bonchev–Trinajstić information content (AvgIpc) is 2.15. The Morgan fingerprint density at radius 3 is 2.27 bits per heavy atom. The number of halogens is 5. The van der Waals surface area contributed by atoms with Gasteiger partial charge in [0.2, 0.25) is 0 Å². The Bertz CT molecular complexity index is 309. The summed E-state index contributed by atoms with van der Waals surface area (Å²) in [5.41, 5.74) is 0. The van der Waals surface area contributed by atoms with Crippen molar-refractivity contribution in [3.05, 3.63) is 24.4 Å². The lowest BCUT2D eigenvalue weighted by Gasteiger charge is -2.19. The fourth-order valence-electron chi connectivity index (χ4n) is 0.769. The maximum Gasteiger partial charge on any atom is 0.455 e. The van der Waals surface area contributed by atoms with Gasteiger partial charge in [-0.05, 0) is 12.1 Å². The van der Waals surface area contributed by atoms with Crippen LogP contribution in [0.15, 0.2) is 24.4 Å². The highest BCUT2D eigenvalue weighted by Crippen LogP contribution is 2.35. The fraction of sp³-hybridized carbons (Fsp3) is 0.375. The summed E-state index contributed by atoms with van der Waals surface area (Å²) in [6.07, 6.45) is -4.26. The lowest BCUT2D eigenvalue weighted by atomic mass is 10.3. The second kappa shape index (κ2) is 4.00. The molecule has 0 aliphatic rings. The minimum absolute atomic E-state index is 0.0265. The lowest BCUT2D eigenvalue weighted by Crippen LogP contribution is -2.42. The van der Waals surface area contributed by atoms with Crippen LogP contribution in [0.5, 0.6) is 0 Å². The maximum atomic E-state index is 12.4. The van der Waals surface area contributed by atoms with Crippen molar-refractivity contribution in [3.63, 3.8) is 0 Å². The zero-order valence-electron chi connectivity index (χ0n) is 7.35. The molecule has 84 valence electrons. The van der Waals surface area contributed by atoms with Crippen molar-refractivity contribution in [1.29, 1.82) is 0 Å². The Hall–Kier alpha value is -1.40. The Balaban J connectivity index is 2.58. The molecule has 1 N–H and O–H groups in total. The van der Waals surface area contributed by atoms with Crippen LogP contribution >= 0.6 is 0 Å². The van der Waals surface area contributed by atoms with Crippen molar-refractivity contribution >= 4 is 5.82 Å². The number of nitrogens with zero attached hydrogens (tertiary/aromatic N) is 1. The summed E-state index contributed by atoms with van der Waals surface area (Å²) < 4.78 is 60.0. The third kappa shape index (κ3) is 3.03. The van der Waals surface area contributed by atoms with E-state index < -0.39 is 18.6 Å². The Labute approximate surface area is 82.1 Å². The first-order valence-corrected chi connectivity index (χ1v) is 3.92. The number of nitrogens with one attached hydrogen (secondary N) is 1. The predicted octanol–water partition coefficient (Wildman–Crippen LogP) is 2.69. The van der Waals surface area contributed by atoms with E-state index in [4.69, 9.17) is 0 Å². The van der Waals surface area contributed by atoms with Crippen molar-refractivity contribution in [3.8, 4) is 0 Å². The molecular formula is C8H7F5N2. The Morgan fingerprint density at radius 2 is 1.80 bits per heavy atom. The van der Waals surface area contributed by atoms with E-state index in [1.807, 2.05) is 5.32 Å². The molecule has 0 radical (unpaired) electrons. The first kappa shape index (κ1) is 11.7. The normalized spacial score (nSPS) is 12.6. The fourth-order valence-corrected chi connectivity index (χ4v) is 0.769. The van der Waals surface area contributed by atoms with Gasteiger partial charge >= 0.3 is 12.1 Å². The minimum atomic E-state index is -5.55. The average molecular weight is 226 g/mol. The molecule has 0 saturated heterocycles. The molecule has 15 heavy (non-hydrogen) atoms. The summed E-state index contributed by atoms with van der Waals surface area (Å²) in [6, 6.07) is 4.29. The molecule has 0 fully saturated rings. The van der Waals surface area contributed by atoms with Gasteiger partial charge in [0.1, 0.15) is 5.82 Å². The number of pyridine rings is 1. The van der Waals surface area contributed by atoms with Crippen LogP contribution in [0.3, 0.4) is 0 Å². The summed E-state index contributed by atoms with van der Waals surface area (Å²) in [4.78, 5) is 3.55. The number of rotatable bonds is 3. The van der Waals surface area contributed by atoms with Gasteiger partial charge in [-0.25, -0.2) is 4.98 Å². The van der Waals surface area contributed by atoms with E-state index in [-0.39, 0.29) is 5.82 Å². The Kier molecular flexibility index (Phi) is 3.11. The molecule has 0 aliphatic heterocycles. The van der Waals surface area contributed by atoms with Gasteiger partial charge in [-0.2, -0.15) is 22.0 Å². The molecule has 0 amide bonds. The molecule has 1 heterocycles. The monoisotopic (exact) mass is 226 g/mol. The number of hydrogen-bond donors (Lipinski definition) is 1. The molecule has 1 aromatic heterocycles. The van der Waals surface area contributed by atoms with E-state index in [2.05, 4.69) is 4.98 Å².